The highest BCUT2D eigenvalue weighted by Crippen LogP contribution is 2.28. The van der Waals surface area contributed by atoms with Gasteiger partial charge in [-0.15, -0.1) is 0 Å². The second-order valence-electron chi connectivity index (χ2n) is 4.33. The first-order valence-electron chi connectivity index (χ1n) is 6.02. The van der Waals surface area contributed by atoms with E-state index >= 15 is 0 Å². The Morgan fingerprint density at radius 3 is 2.56 bits per heavy atom. The summed E-state index contributed by atoms with van der Waals surface area (Å²) in [5.74, 6) is 0. The molecule has 1 aliphatic rings. The second kappa shape index (κ2) is 6.19. The van der Waals surface area contributed by atoms with E-state index in [4.69, 9.17) is 10.4 Å². The van der Waals surface area contributed by atoms with Gasteiger partial charge in [-0.1, -0.05) is 0 Å². The first-order chi connectivity index (χ1) is 8.74. The van der Waals surface area contributed by atoms with Crippen LogP contribution in [0.5, 0.6) is 0 Å². The van der Waals surface area contributed by atoms with E-state index in [0.29, 0.717) is 5.56 Å². The van der Waals surface area contributed by atoms with Crippen LogP contribution in [0.1, 0.15) is 5.56 Å². The van der Waals surface area contributed by atoms with Crippen LogP contribution in [0, 0.1) is 11.3 Å². The van der Waals surface area contributed by atoms with Gasteiger partial charge in [-0.25, -0.2) is 0 Å². The van der Waals surface area contributed by atoms with Gasteiger partial charge in [-0.05, 0) is 34.1 Å². The SMILES string of the molecule is N#Cc1ccc(N2CCN(CCO)CC2)c(Br)c1. The van der Waals surface area contributed by atoms with Gasteiger partial charge in [0.1, 0.15) is 0 Å². The number of halogens is 1. The highest BCUT2D eigenvalue weighted by Gasteiger charge is 2.18. The molecule has 1 N–H and O–H groups in total. The first kappa shape index (κ1) is 13.3. The minimum absolute atomic E-state index is 0.223. The lowest BCUT2D eigenvalue weighted by Gasteiger charge is -2.36. The number of anilines is 1. The van der Waals surface area contributed by atoms with Crippen LogP contribution in [0.3, 0.4) is 0 Å². The van der Waals surface area contributed by atoms with E-state index in [-0.39, 0.29) is 6.61 Å². The summed E-state index contributed by atoms with van der Waals surface area (Å²) in [6, 6.07) is 7.83. The zero-order valence-electron chi connectivity index (χ0n) is 10.1. The molecule has 0 amide bonds. The molecule has 1 fully saturated rings. The van der Waals surface area contributed by atoms with E-state index in [2.05, 4.69) is 31.8 Å². The molecule has 0 radical (unpaired) electrons. The summed E-state index contributed by atoms with van der Waals surface area (Å²) in [5.41, 5.74) is 1.81. The molecule has 0 atom stereocenters. The quantitative estimate of drug-likeness (QED) is 0.918. The van der Waals surface area contributed by atoms with Gasteiger partial charge in [-0.2, -0.15) is 5.26 Å². The Bertz CT molecular complexity index is 450. The predicted octanol–water partition coefficient (Wildman–Crippen LogP) is 1.44. The minimum Gasteiger partial charge on any atom is -0.395 e. The molecule has 5 heteroatoms. The molecule has 96 valence electrons. The Kier molecular flexibility index (Phi) is 4.59. The van der Waals surface area contributed by atoms with E-state index in [0.717, 1.165) is 42.9 Å². The summed E-state index contributed by atoms with van der Waals surface area (Å²) in [5, 5.41) is 17.8. The Morgan fingerprint density at radius 1 is 1.28 bits per heavy atom. The number of aliphatic hydroxyl groups excluding tert-OH is 1. The van der Waals surface area contributed by atoms with Gasteiger partial charge >= 0.3 is 0 Å². The molecule has 0 aliphatic carbocycles. The molecule has 1 aromatic rings. The zero-order valence-corrected chi connectivity index (χ0v) is 11.7. The van der Waals surface area contributed by atoms with Crippen molar-refractivity contribution < 1.29 is 5.11 Å². The van der Waals surface area contributed by atoms with Crippen molar-refractivity contribution in [1.82, 2.24) is 4.90 Å². The Hall–Kier alpha value is -1.09. The fraction of sp³-hybridized carbons (Fsp3) is 0.462. The standard InChI is InChI=1S/C13H16BrN3O/c14-12-9-11(10-15)1-2-13(12)17-5-3-16(4-6-17)7-8-18/h1-2,9,18H,3-8H2. The topological polar surface area (TPSA) is 50.5 Å². The van der Waals surface area contributed by atoms with E-state index in [1.807, 2.05) is 18.2 Å². The molecular weight excluding hydrogens is 294 g/mol. The highest BCUT2D eigenvalue weighted by atomic mass is 79.9. The van der Waals surface area contributed by atoms with Gasteiger partial charge in [0.2, 0.25) is 0 Å². The number of aliphatic hydroxyl groups is 1. The number of β-amino-alcohol motifs (C(OH)–C–C–N with tert-alkyl or cyclic N) is 1. The van der Waals surface area contributed by atoms with Gasteiger partial charge < -0.3 is 10.0 Å². The number of rotatable bonds is 3. The van der Waals surface area contributed by atoms with Gasteiger partial charge in [0.05, 0.1) is 23.9 Å². The van der Waals surface area contributed by atoms with Crippen LogP contribution >= 0.6 is 15.9 Å². The fourth-order valence-electron chi connectivity index (χ4n) is 2.19. The molecule has 1 heterocycles. The molecule has 0 saturated carbocycles. The lowest BCUT2D eigenvalue weighted by Crippen LogP contribution is -2.47. The maximum Gasteiger partial charge on any atom is 0.0992 e. The molecule has 0 spiro atoms. The molecule has 1 saturated heterocycles. The van der Waals surface area contributed by atoms with Crippen LogP contribution in [0.4, 0.5) is 5.69 Å². The fourth-order valence-corrected chi connectivity index (χ4v) is 2.82. The number of hydrogen-bond donors (Lipinski definition) is 1. The Morgan fingerprint density at radius 2 is 2.00 bits per heavy atom. The van der Waals surface area contributed by atoms with Gasteiger partial charge in [0.15, 0.2) is 0 Å². The Labute approximate surface area is 116 Å². The van der Waals surface area contributed by atoms with Crippen LogP contribution < -0.4 is 4.90 Å². The van der Waals surface area contributed by atoms with Crippen LogP contribution in [0.2, 0.25) is 0 Å². The van der Waals surface area contributed by atoms with E-state index < -0.39 is 0 Å². The maximum atomic E-state index is 8.91. The summed E-state index contributed by atoms with van der Waals surface area (Å²) >= 11 is 3.52. The van der Waals surface area contributed by atoms with Crippen molar-refractivity contribution in [2.45, 2.75) is 0 Å². The molecule has 1 aliphatic heterocycles. The molecular formula is C13H16BrN3O. The normalized spacial score (nSPS) is 16.6. The van der Waals surface area contributed by atoms with E-state index in [1.54, 1.807) is 0 Å². The molecule has 2 rings (SSSR count). The van der Waals surface area contributed by atoms with Gasteiger partial charge in [0.25, 0.3) is 0 Å². The first-order valence-corrected chi connectivity index (χ1v) is 6.81. The van der Waals surface area contributed by atoms with Gasteiger partial charge in [-0.3, -0.25) is 4.90 Å². The van der Waals surface area contributed by atoms with Crippen LogP contribution in [-0.4, -0.2) is 49.3 Å². The van der Waals surface area contributed by atoms with Crippen molar-refractivity contribution in [3.8, 4) is 6.07 Å². The second-order valence-corrected chi connectivity index (χ2v) is 5.18. The lowest BCUT2D eigenvalue weighted by molar-refractivity contribution is 0.188. The van der Waals surface area contributed by atoms with Crippen molar-refractivity contribution >= 4 is 21.6 Å². The summed E-state index contributed by atoms with van der Waals surface area (Å²) in [6.07, 6.45) is 0. The number of piperazine rings is 1. The summed E-state index contributed by atoms with van der Waals surface area (Å²) in [6.45, 7) is 4.80. The number of nitriles is 1. The largest absolute Gasteiger partial charge is 0.395 e. The zero-order chi connectivity index (χ0) is 13.0. The van der Waals surface area contributed by atoms with Crippen LogP contribution in [0.25, 0.3) is 0 Å². The van der Waals surface area contributed by atoms with Crippen molar-refractivity contribution in [2.75, 3.05) is 44.2 Å². The van der Waals surface area contributed by atoms with Crippen LogP contribution in [-0.2, 0) is 0 Å². The number of hydrogen-bond acceptors (Lipinski definition) is 4. The molecule has 18 heavy (non-hydrogen) atoms. The van der Waals surface area contributed by atoms with Crippen molar-refractivity contribution in [1.29, 1.82) is 5.26 Å². The summed E-state index contributed by atoms with van der Waals surface area (Å²) < 4.78 is 0.970. The van der Waals surface area contributed by atoms with Crippen LogP contribution in [0.15, 0.2) is 22.7 Å². The summed E-state index contributed by atoms with van der Waals surface area (Å²) in [7, 11) is 0. The van der Waals surface area contributed by atoms with E-state index in [1.165, 1.54) is 0 Å². The minimum atomic E-state index is 0.223. The third kappa shape index (κ3) is 3.02. The molecule has 0 aromatic heterocycles. The maximum absolute atomic E-state index is 8.91. The van der Waals surface area contributed by atoms with Crippen molar-refractivity contribution in [3.63, 3.8) is 0 Å². The third-order valence-electron chi connectivity index (χ3n) is 3.21. The number of benzene rings is 1. The smallest absolute Gasteiger partial charge is 0.0992 e. The highest BCUT2D eigenvalue weighted by molar-refractivity contribution is 9.10. The van der Waals surface area contributed by atoms with E-state index in [9.17, 15) is 0 Å². The Balaban J connectivity index is 2.04. The molecule has 0 bridgehead atoms. The molecule has 1 aromatic carbocycles. The van der Waals surface area contributed by atoms with Gasteiger partial charge in [0, 0.05) is 37.2 Å². The number of nitrogens with zero attached hydrogens (tertiary/aromatic N) is 3. The predicted molar refractivity (Wildman–Crippen MR) is 74.6 cm³/mol. The van der Waals surface area contributed by atoms with Crippen molar-refractivity contribution in [2.24, 2.45) is 0 Å². The third-order valence-corrected chi connectivity index (χ3v) is 3.84. The average molecular weight is 310 g/mol. The average Bonchev–Trinajstić information content (AvgIpc) is 2.40. The molecule has 4 nitrogen and oxygen atoms in total. The monoisotopic (exact) mass is 309 g/mol. The van der Waals surface area contributed by atoms with Crippen molar-refractivity contribution in [3.05, 3.63) is 28.2 Å². The molecule has 0 unspecified atom stereocenters. The summed E-state index contributed by atoms with van der Waals surface area (Å²) in [4.78, 5) is 4.56. The lowest BCUT2D eigenvalue weighted by atomic mass is 10.2.